The monoisotopic (exact) mass is 584 g/mol. The molecule has 0 saturated carbocycles. The molecule has 4 heterocycles. The maximum atomic E-state index is 13.9. The van der Waals surface area contributed by atoms with Crippen LogP contribution in [0.25, 0.3) is 0 Å². The highest BCUT2D eigenvalue weighted by molar-refractivity contribution is 5.86. The summed E-state index contributed by atoms with van der Waals surface area (Å²) in [6, 6.07) is 4.04. The molecule has 1 aromatic carbocycles. The maximum Gasteiger partial charge on any atom is 0.339 e. The summed E-state index contributed by atoms with van der Waals surface area (Å²) in [5.41, 5.74) is -0.387. The molecule has 0 radical (unpaired) electrons. The molecule has 0 bridgehead atoms. The van der Waals surface area contributed by atoms with Crippen LogP contribution in [0.5, 0.6) is 11.5 Å². The van der Waals surface area contributed by atoms with Gasteiger partial charge in [-0.15, -0.1) is 0 Å². The van der Waals surface area contributed by atoms with Crippen molar-refractivity contribution in [2.45, 2.75) is 55.3 Å². The van der Waals surface area contributed by atoms with E-state index in [0.717, 1.165) is 56.6 Å². The Hall–Kier alpha value is -3.12. The van der Waals surface area contributed by atoms with E-state index in [0.29, 0.717) is 37.0 Å². The molecule has 1 aromatic rings. The number of esters is 2. The van der Waals surface area contributed by atoms with Gasteiger partial charge in [-0.3, -0.25) is 14.6 Å². The molecule has 6 rings (SSSR count). The predicted molar refractivity (Wildman–Crippen MR) is 150 cm³/mol. The van der Waals surface area contributed by atoms with Gasteiger partial charge < -0.3 is 33.5 Å². The first-order chi connectivity index (χ1) is 20.4. The van der Waals surface area contributed by atoms with Crippen LogP contribution < -0.4 is 9.47 Å². The number of benzene rings is 1. The Kier molecular flexibility index (Phi) is 8.19. The highest BCUT2D eigenvalue weighted by Crippen LogP contribution is 2.55. The Labute approximate surface area is 245 Å². The minimum atomic E-state index is -2.11. The van der Waals surface area contributed by atoms with Gasteiger partial charge in [0, 0.05) is 32.6 Å². The molecule has 228 valence electrons. The van der Waals surface area contributed by atoms with Crippen LogP contribution in [-0.4, -0.2) is 111 Å². The third-order valence-corrected chi connectivity index (χ3v) is 9.33. The summed E-state index contributed by atoms with van der Waals surface area (Å²) in [7, 11) is 2.81. The predicted octanol–water partition coefficient (Wildman–Crippen LogP) is 1.92. The molecule has 1 aliphatic carbocycles. The molecule has 1 spiro atoms. The van der Waals surface area contributed by atoms with Crippen LogP contribution in [0, 0.1) is 0 Å². The fraction of sp³-hybridized carbons (Fsp3) is 0.613. The van der Waals surface area contributed by atoms with Crippen molar-refractivity contribution in [1.29, 1.82) is 0 Å². The zero-order valence-corrected chi connectivity index (χ0v) is 24.3. The van der Waals surface area contributed by atoms with E-state index >= 15 is 0 Å². The number of carbonyl (C=O) groups is 2. The van der Waals surface area contributed by atoms with Gasteiger partial charge in [0.25, 0.3) is 0 Å². The summed E-state index contributed by atoms with van der Waals surface area (Å²) in [6.45, 7) is 5.56. The van der Waals surface area contributed by atoms with Crippen LogP contribution >= 0.6 is 0 Å². The summed E-state index contributed by atoms with van der Waals surface area (Å²) < 4.78 is 33.7. The molecule has 4 aliphatic heterocycles. The summed E-state index contributed by atoms with van der Waals surface area (Å²) in [4.78, 5) is 30.9. The summed E-state index contributed by atoms with van der Waals surface area (Å²) in [5.74, 6) is 0.0478. The van der Waals surface area contributed by atoms with Crippen LogP contribution in [0.1, 0.15) is 42.7 Å². The van der Waals surface area contributed by atoms with Gasteiger partial charge in [-0.1, -0.05) is 12.2 Å². The number of fused-ring (bicyclic) bond motifs is 3. The van der Waals surface area contributed by atoms with E-state index < -0.39 is 35.6 Å². The summed E-state index contributed by atoms with van der Waals surface area (Å²) in [5, 5.41) is 11.6. The van der Waals surface area contributed by atoms with Gasteiger partial charge in [0.15, 0.2) is 23.2 Å². The molecule has 11 nitrogen and oxygen atoms in total. The van der Waals surface area contributed by atoms with E-state index in [2.05, 4.69) is 15.9 Å². The van der Waals surface area contributed by atoms with Crippen molar-refractivity contribution >= 4 is 11.9 Å². The standard InChI is InChI=1S/C31H40N2O9/c1-37-25-18-30-7-5-10-33(30)11-6-21-16-23-24(41-20-40-23)17-22(21)27(30)28(25)42-29(35)31(36,19-26(34)38-2)8-3-4-9-32-12-14-39-15-13-32/h3-4,16-18,27-28,36H,5-15,19-20H2,1-2H3/b4-3+/t27-,28-,30+,31-/m1/s1. The first kappa shape index (κ1) is 29.0. The minimum Gasteiger partial charge on any atom is -0.497 e. The number of carbonyl (C=O) groups excluding carboxylic acids is 2. The van der Waals surface area contributed by atoms with Gasteiger partial charge in [-0.2, -0.15) is 0 Å². The lowest BCUT2D eigenvalue weighted by Gasteiger charge is -2.39. The maximum absolute atomic E-state index is 13.9. The number of hydrogen-bond donors (Lipinski definition) is 1. The van der Waals surface area contributed by atoms with Gasteiger partial charge in [0.1, 0.15) is 5.76 Å². The van der Waals surface area contributed by atoms with Crippen LogP contribution in [0.4, 0.5) is 0 Å². The van der Waals surface area contributed by atoms with Crippen molar-refractivity contribution in [3.63, 3.8) is 0 Å². The van der Waals surface area contributed by atoms with Gasteiger partial charge in [0.2, 0.25) is 6.79 Å². The molecule has 0 amide bonds. The molecule has 4 atom stereocenters. The van der Waals surface area contributed by atoms with Crippen molar-refractivity contribution in [2.75, 3.05) is 67.0 Å². The molecular weight excluding hydrogens is 544 g/mol. The molecule has 11 heteroatoms. The molecular formula is C31H40N2O9. The fourth-order valence-corrected chi connectivity index (χ4v) is 7.14. The van der Waals surface area contributed by atoms with Crippen molar-refractivity contribution in [3.8, 4) is 11.5 Å². The zero-order chi connectivity index (χ0) is 29.3. The van der Waals surface area contributed by atoms with Crippen LogP contribution in [0.15, 0.2) is 36.1 Å². The zero-order valence-electron chi connectivity index (χ0n) is 24.3. The SMILES string of the molecule is COC(=O)C[C@](O)(C/C=C/CN1CCOCC1)C(=O)O[C@@H]1C(OC)=C[C@]23CCCN2CCc2cc4c(cc2[C@H]13)OCO4. The second-order valence-corrected chi connectivity index (χ2v) is 11.7. The van der Waals surface area contributed by atoms with Crippen LogP contribution in [0.2, 0.25) is 0 Å². The van der Waals surface area contributed by atoms with Gasteiger partial charge >= 0.3 is 11.9 Å². The van der Waals surface area contributed by atoms with Crippen LogP contribution in [0.3, 0.4) is 0 Å². The molecule has 2 saturated heterocycles. The van der Waals surface area contributed by atoms with E-state index in [1.54, 1.807) is 13.2 Å². The minimum absolute atomic E-state index is 0.0960. The fourth-order valence-electron chi connectivity index (χ4n) is 7.14. The molecule has 0 unspecified atom stereocenters. The molecule has 1 N–H and O–H groups in total. The lowest BCUT2D eigenvalue weighted by Crippen LogP contribution is -2.49. The molecule has 2 fully saturated rings. The lowest BCUT2D eigenvalue weighted by atomic mass is 9.77. The smallest absolute Gasteiger partial charge is 0.339 e. The van der Waals surface area contributed by atoms with Gasteiger partial charge in [-0.05, 0) is 55.1 Å². The van der Waals surface area contributed by atoms with Crippen LogP contribution in [-0.2, 0) is 35.0 Å². The third kappa shape index (κ3) is 5.27. The Morgan fingerprint density at radius 2 is 1.90 bits per heavy atom. The average molecular weight is 585 g/mol. The van der Waals surface area contributed by atoms with E-state index in [-0.39, 0.29) is 19.1 Å². The Balaban J connectivity index is 1.29. The van der Waals surface area contributed by atoms with E-state index in [4.69, 9.17) is 28.4 Å². The third-order valence-electron chi connectivity index (χ3n) is 9.33. The first-order valence-electron chi connectivity index (χ1n) is 14.8. The molecule has 0 aromatic heterocycles. The number of methoxy groups -OCH3 is 2. The second kappa shape index (κ2) is 11.9. The van der Waals surface area contributed by atoms with E-state index in [1.807, 2.05) is 18.2 Å². The number of rotatable bonds is 9. The van der Waals surface area contributed by atoms with Gasteiger partial charge in [0.05, 0.1) is 45.3 Å². The topological polar surface area (TPSA) is 116 Å². The Morgan fingerprint density at radius 1 is 1.12 bits per heavy atom. The van der Waals surface area contributed by atoms with E-state index in [9.17, 15) is 14.7 Å². The van der Waals surface area contributed by atoms with Crippen molar-refractivity contribution in [3.05, 3.63) is 47.2 Å². The Morgan fingerprint density at radius 3 is 2.67 bits per heavy atom. The second-order valence-electron chi connectivity index (χ2n) is 11.7. The highest BCUT2D eigenvalue weighted by Gasteiger charge is 2.59. The number of morpholine rings is 1. The van der Waals surface area contributed by atoms with Gasteiger partial charge in [-0.25, -0.2) is 4.79 Å². The lowest BCUT2D eigenvalue weighted by molar-refractivity contribution is -0.177. The quantitative estimate of drug-likeness (QED) is 0.339. The number of aliphatic hydroxyl groups is 1. The first-order valence-corrected chi connectivity index (χ1v) is 14.8. The van der Waals surface area contributed by atoms with Crippen molar-refractivity contribution in [1.82, 2.24) is 9.80 Å². The highest BCUT2D eigenvalue weighted by atomic mass is 16.7. The summed E-state index contributed by atoms with van der Waals surface area (Å²) in [6.07, 6.45) is 7.00. The number of nitrogens with zero attached hydrogens (tertiary/aromatic N) is 2. The van der Waals surface area contributed by atoms with E-state index in [1.165, 1.54) is 7.11 Å². The van der Waals surface area contributed by atoms with Crippen molar-refractivity contribution < 1.29 is 43.1 Å². The summed E-state index contributed by atoms with van der Waals surface area (Å²) >= 11 is 0. The number of ether oxygens (including phenoxy) is 6. The Bertz CT molecular complexity index is 1260. The molecule has 5 aliphatic rings. The normalized spacial score (nSPS) is 28.3. The van der Waals surface area contributed by atoms with Crippen molar-refractivity contribution in [2.24, 2.45) is 0 Å². The number of hydrogen-bond acceptors (Lipinski definition) is 11. The largest absolute Gasteiger partial charge is 0.497 e. The molecule has 42 heavy (non-hydrogen) atoms. The average Bonchev–Trinajstić information content (AvgIpc) is 3.69.